The van der Waals surface area contributed by atoms with Gasteiger partial charge in [0, 0.05) is 35.3 Å². The summed E-state index contributed by atoms with van der Waals surface area (Å²) in [5, 5.41) is 49.7. The summed E-state index contributed by atoms with van der Waals surface area (Å²) in [6.07, 6.45) is 10.0. The molecule has 1 aliphatic heterocycles. The molecule has 6 aliphatic rings. The van der Waals surface area contributed by atoms with Gasteiger partial charge in [-0.15, -0.1) is 0 Å². The SMILES string of the molecule is CC12CCC3C(=CCc4cc(O)ccc43)C1CCC2=O.O=C1C=CC2=C3c4cc(O)c(O)cc4CC3(O)COC2=C1O. The van der Waals surface area contributed by atoms with Gasteiger partial charge in [0.15, 0.2) is 17.3 Å². The molecule has 2 fully saturated rings. The highest BCUT2D eigenvalue weighted by Gasteiger charge is 2.52. The average molecular weight is 569 g/mol. The number of ether oxygens (including phenoxy) is 1. The second kappa shape index (κ2) is 9.10. The van der Waals surface area contributed by atoms with Crippen LogP contribution in [-0.4, -0.2) is 49.3 Å². The first-order valence-corrected chi connectivity index (χ1v) is 14.4. The van der Waals surface area contributed by atoms with Crippen LogP contribution in [0.1, 0.15) is 60.8 Å². The van der Waals surface area contributed by atoms with Crippen molar-refractivity contribution in [2.24, 2.45) is 11.3 Å². The van der Waals surface area contributed by atoms with Crippen LogP contribution >= 0.6 is 0 Å². The maximum absolute atomic E-state index is 12.2. The second-order valence-corrected chi connectivity index (χ2v) is 12.5. The largest absolute Gasteiger partial charge is 0.508 e. The van der Waals surface area contributed by atoms with Gasteiger partial charge in [-0.2, -0.15) is 0 Å². The molecule has 4 unspecified atom stereocenters. The van der Waals surface area contributed by atoms with Crippen molar-refractivity contribution < 1.29 is 39.9 Å². The van der Waals surface area contributed by atoms with E-state index in [-0.39, 0.29) is 35.7 Å². The third kappa shape index (κ3) is 3.78. The van der Waals surface area contributed by atoms with E-state index in [4.69, 9.17) is 4.74 Å². The normalized spacial score (nSPS) is 30.2. The van der Waals surface area contributed by atoms with E-state index in [1.807, 2.05) is 6.07 Å². The molecule has 42 heavy (non-hydrogen) atoms. The van der Waals surface area contributed by atoms with Crippen molar-refractivity contribution in [2.75, 3.05) is 6.61 Å². The van der Waals surface area contributed by atoms with Gasteiger partial charge in [-0.05, 0) is 90.3 Å². The smallest absolute Gasteiger partial charge is 0.224 e. The van der Waals surface area contributed by atoms with Gasteiger partial charge in [-0.3, -0.25) is 9.59 Å². The molecule has 8 nitrogen and oxygen atoms in total. The fraction of sp³-hybridized carbons (Fsp3) is 0.353. The third-order valence-electron chi connectivity index (χ3n) is 10.1. The summed E-state index contributed by atoms with van der Waals surface area (Å²) in [7, 11) is 0. The minimum atomic E-state index is -1.33. The minimum Gasteiger partial charge on any atom is -0.508 e. The van der Waals surface area contributed by atoms with Crippen LogP contribution in [0.2, 0.25) is 0 Å². The van der Waals surface area contributed by atoms with Crippen molar-refractivity contribution in [1.82, 2.24) is 0 Å². The van der Waals surface area contributed by atoms with Gasteiger partial charge in [0.1, 0.15) is 23.7 Å². The lowest BCUT2D eigenvalue weighted by atomic mass is 9.60. The van der Waals surface area contributed by atoms with Crippen LogP contribution in [0.15, 0.2) is 71.2 Å². The van der Waals surface area contributed by atoms with E-state index in [0.717, 1.165) is 32.1 Å². The van der Waals surface area contributed by atoms with E-state index in [0.29, 0.717) is 45.6 Å². The lowest BCUT2D eigenvalue weighted by molar-refractivity contribution is -0.127. The Morgan fingerprint density at radius 3 is 2.55 bits per heavy atom. The highest BCUT2D eigenvalue weighted by molar-refractivity contribution is 6.06. The van der Waals surface area contributed by atoms with Crippen molar-refractivity contribution in [2.45, 2.75) is 57.0 Å². The topological polar surface area (TPSA) is 145 Å². The summed E-state index contributed by atoms with van der Waals surface area (Å²) in [5.41, 5.74) is 4.83. The fourth-order valence-corrected chi connectivity index (χ4v) is 7.99. The molecule has 8 heteroatoms. The summed E-state index contributed by atoms with van der Waals surface area (Å²) >= 11 is 0. The fourth-order valence-electron chi connectivity index (χ4n) is 7.99. The standard InChI is InChI=1S/C18H20O2.C16H12O6/c1-18-9-8-14-13-5-3-12(19)10-11(13)2-4-15(14)16(18)6-7-17(18)20;17-10-2-1-8-13-9-4-12(19)11(18)3-7(9)5-16(13,21)6-22-15(8)14(10)20/h3-5,10,14,16,19H,2,6-9H2,1H3;1-4,18-21H,5-6H2. The van der Waals surface area contributed by atoms with Crippen LogP contribution in [-0.2, 0) is 27.2 Å². The second-order valence-electron chi connectivity index (χ2n) is 12.5. The van der Waals surface area contributed by atoms with Gasteiger partial charge in [0.25, 0.3) is 0 Å². The number of phenolic OH excluding ortho intramolecular Hbond substituents is 3. The third-order valence-corrected chi connectivity index (χ3v) is 10.1. The zero-order valence-electron chi connectivity index (χ0n) is 23.2. The Bertz CT molecular complexity index is 1710. The number of fused-ring (bicyclic) bond motifs is 9. The Kier molecular flexibility index (Phi) is 5.76. The molecule has 0 bridgehead atoms. The Hall–Kier alpha value is -4.30. The first-order chi connectivity index (χ1) is 20.0. The molecule has 2 aromatic carbocycles. The van der Waals surface area contributed by atoms with E-state index in [9.17, 15) is 35.1 Å². The number of Topliss-reactive ketones (excluding diaryl/α,β-unsaturated/α-hetero) is 1. The highest BCUT2D eigenvalue weighted by atomic mass is 16.5. The van der Waals surface area contributed by atoms with Gasteiger partial charge in [-0.25, -0.2) is 0 Å². The average Bonchev–Trinajstić information content (AvgIpc) is 3.43. The maximum Gasteiger partial charge on any atom is 0.224 e. The maximum atomic E-state index is 12.2. The van der Waals surface area contributed by atoms with Crippen molar-refractivity contribution >= 4 is 17.1 Å². The van der Waals surface area contributed by atoms with E-state index in [2.05, 4.69) is 19.1 Å². The number of rotatable bonds is 0. The molecule has 0 aromatic heterocycles. The molecule has 216 valence electrons. The summed E-state index contributed by atoms with van der Waals surface area (Å²) in [6, 6.07) is 8.55. The molecule has 2 aromatic rings. The van der Waals surface area contributed by atoms with Crippen LogP contribution in [0.5, 0.6) is 17.2 Å². The molecular weight excluding hydrogens is 536 g/mol. The number of phenols is 3. The highest BCUT2D eigenvalue weighted by Crippen LogP contribution is 2.58. The van der Waals surface area contributed by atoms with Gasteiger partial charge in [0.05, 0.1) is 0 Å². The molecule has 5 aliphatic carbocycles. The van der Waals surface area contributed by atoms with Gasteiger partial charge in [0.2, 0.25) is 11.5 Å². The number of ketones is 2. The Balaban J connectivity index is 0.000000138. The number of carbonyl (C=O) groups excluding carboxylic acids is 2. The summed E-state index contributed by atoms with van der Waals surface area (Å²) in [6.45, 7) is 2.05. The Labute approximate surface area is 242 Å². The van der Waals surface area contributed by atoms with Crippen LogP contribution < -0.4 is 0 Å². The number of allylic oxidation sites excluding steroid dienone is 4. The van der Waals surface area contributed by atoms with E-state index >= 15 is 0 Å². The van der Waals surface area contributed by atoms with Gasteiger partial charge in [-0.1, -0.05) is 24.6 Å². The summed E-state index contributed by atoms with van der Waals surface area (Å²) in [4.78, 5) is 23.8. The zero-order valence-corrected chi connectivity index (χ0v) is 23.2. The number of hydrogen-bond acceptors (Lipinski definition) is 8. The first-order valence-electron chi connectivity index (χ1n) is 14.4. The van der Waals surface area contributed by atoms with Gasteiger partial charge >= 0.3 is 0 Å². The molecule has 0 radical (unpaired) electrons. The molecule has 0 saturated heterocycles. The van der Waals surface area contributed by atoms with Crippen LogP contribution in [0, 0.1) is 11.3 Å². The lowest BCUT2D eigenvalue weighted by Crippen LogP contribution is -2.39. The first kappa shape index (κ1) is 26.6. The van der Waals surface area contributed by atoms with E-state index in [1.54, 1.807) is 6.07 Å². The van der Waals surface area contributed by atoms with Crippen molar-refractivity contribution in [1.29, 1.82) is 0 Å². The van der Waals surface area contributed by atoms with Crippen molar-refractivity contribution in [3.63, 3.8) is 0 Å². The quantitative estimate of drug-likeness (QED) is 0.225. The molecule has 1 heterocycles. The number of hydrogen-bond donors (Lipinski definition) is 5. The molecule has 0 amide bonds. The predicted molar refractivity (Wildman–Crippen MR) is 153 cm³/mol. The molecule has 2 saturated carbocycles. The Morgan fingerprint density at radius 1 is 0.952 bits per heavy atom. The number of aromatic hydroxyl groups is 3. The van der Waals surface area contributed by atoms with Crippen LogP contribution in [0.4, 0.5) is 0 Å². The zero-order chi connectivity index (χ0) is 29.6. The summed E-state index contributed by atoms with van der Waals surface area (Å²) in [5.74, 6) is 0.177. The minimum absolute atomic E-state index is 0.0348. The number of benzene rings is 2. The van der Waals surface area contributed by atoms with Crippen molar-refractivity contribution in [3.8, 4) is 17.2 Å². The van der Waals surface area contributed by atoms with Crippen LogP contribution in [0.3, 0.4) is 0 Å². The van der Waals surface area contributed by atoms with Crippen LogP contribution in [0.25, 0.3) is 5.57 Å². The predicted octanol–water partition coefficient (Wildman–Crippen LogP) is 4.81. The van der Waals surface area contributed by atoms with Crippen molar-refractivity contribution in [3.05, 3.63) is 93.5 Å². The van der Waals surface area contributed by atoms with Gasteiger partial charge < -0.3 is 30.3 Å². The number of aliphatic hydroxyl groups excluding tert-OH is 1. The molecular formula is C34H32O8. The lowest BCUT2D eigenvalue weighted by Gasteiger charge is -2.43. The number of carbonyl (C=O) groups is 2. The molecule has 5 N–H and O–H groups in total. The summed E-state index contributed by atoms with van der Waals surface area (Å²) < 4.78 is 5.40. The molecule has 0 spiro atoms. The van der Waals surface area contributed by atoms with E-state index in [1.165, 1.54) is 41.0 Å². The monoisotopic (exact) mass is 568 g/mol. The molecule has 8 rings (SSSR count). The molecule has 4 atom stereocenters. The Morgan fingerprint density at radius 2 is 1.74 bits per heavy atom. The van der Waals surface area contributed by atoms with E-state index < -0.39 is 17.1 Å². The number of aliphatic hydroxyl groups is 2.